The molecule has 3 aliphatic rings. The van der Waals surface area contributed by atoms with Gasteiger partial charge in [0, 0.05) is 0 Å². The smallest absolute Gasteiger partial charge is 0.0131 e. The largest absolute Gasteiger partial charge is 0.0848 e. The summed E-state index contributed by atoms with van der Waals surface area (Å²) in [6, 6.07) is 0. The van der Waals surface area contributed by atoms with E-state index in [1.54, 1.807) is 0 Å². The lowest BCUT2D eigenvalue weighted by Gasteiger charge is -2.25. The highest BCUT2D eigenvalue weighted by molar-refractivity contribution is 5.23. The van der Waals surface area contributed by atoms with E-state index in [1.807, 2.05) is 0 Å². The van der Waals surface area contributed by atoms with Crippen LogP contribution in [-0.2, 0) is 0 Å². The molecule has 0 saturated heterocycles. The first-order valence-electron chi connectivity index (χ1n) is 5.27. The molecular weight excluding hydrogens is 144 g/mol. The van der Waals surface area contributed by atoms with E-state index >= 15 is 0 Å². The zero-order valence-electron chi connectivity index (χ0n) is 7.61. The van der Waals surface area contributed by atoms with E-state index in [2.05, 4.69) is 31.2 Å². The lowest BCUT2D eigenvalue weighted by atomic mass is 9.79. The molecule has 0 aromatic carbocycles. The molecule has 1 saturated carbocycles. The first-order chi connectivity index (χ1) is 5.90. The summed E-state index contributed by atoms with van der Waals surface area (Å²) in [7, 11) is 0. The molecule has 0 N–H and O–H groups in total. The topological polar surface area (TPSA) is 0 Å². The summed E-state index contributed by atoms with van der Waals surface area (Å²) in [6.07, 6.45) is 12.7. The highest BCUT2D eigenvalue weighted by Gasteiger charge is 2.47. The van der Waals surface area contributed by atoms with E-state index in [1.165, 1.54) is 12.8 Å². The van der Waals surface area contributed by atoms with Gasteiger partial charge in [0.2, 0.25) is 0 Å². The quantitative estimate of drug-likeness (QED) is 0.517. The Bertz CT molecular complexity index is 249. The summed E-state index contributed by atoms with van der Waals surface area (Å²) < 4.78 is 0. The number of hydrogen-bond donors (Lipinski definition) is 0. The minimum absolute atomic E-state index is 0.898. The maximum absolute atomic E-state index is 2.49. The van der Waals surface area contributed by atoms with Crippen LogP contribution in [-0.4, -0.2) is 0 Å². The van der Waals surface area contributed by atoms with E-state index in [4.69, 9.17) is 0 Å². The maximum atomic E-state index is 2.49. The van der Waals surface area contributed by atoms with Gasteiger partial charge in [-0.05, 0) is 42.4 Å². The summed E-state index contributed by atoms with van der Waals surface area (Å²) in [5.74, 6) is 4.65. The van der Waals surface area contributed by atoms with Crippen LogP contribution in [0.4, 0.5) is 0 Å². The predicted octanol–water partition coefficient (Wildman–Crippen LogP) is 3.02. The average molecular weight is 160 g/mol. The van der Waals surface area contributed by atoms with E-state index in [0.717, 1.165) is 29.6 Å². The summed E-state index contributed by atoms with van der Waals surface area (Å²) in [5.41, 5.74) is 0. The first-order valence-corrected chi connectivity index (χ1v) is 5.27. The minimum atomic E-state index is 0.898. The second kappa shape index (κ2) is 2.25. The molecular formula is C12H16. The summed E-state index contributed by atoms with van der Waals surface area (Å²) in [5, 5.41) is 0. The fraction of sp³-hybridized carbons (Fsp3) is 0.667. The third kappa shape index (κ3) is 0.688. The molecule has 3 rings (SSSR count). The van der Waals surface area contributed by atoms with Crippen molar-refractivity contribution in [1.29, 1.82) is 0 Å². The van der Waals surface area contributed by atoms with E-state index < -0.39 is 0 Å². The van der Waals surface area contributed by atoms with Gasteiger partial charge in [-0.15, -0.1) is 0 Å². The predicted molar refractivity (Wildman–Crippen MR) is 50.6 cm³/mol. The zero-order chi connectivity index (χ0) is 8.13. The molecule has 2 bridgehead atoms. The maximum Gasteiger partial charge on any atom is -0.0131 e. The van der Waals surface area contributed by atoms with Gasteiger partial charge >= 0.3 is 0 Å². The van der Waals surface area contributed by atoms with Gasteiger partial charge in [-0.3, -0.25) is 0 Å². The Morgan fingerprint density at radius 2 is 1.92 bits per heavy atom. The third-order valence-electron chi connectivity index (χ3n) is 4.13. The molecule has 0 aromatic heterocycles. The SMILES string of the molecule is CCC1C=CC2C3C=CC(C3)C12. The van der Waals surface area contributed by atoms with E-state index in [0.29, 0.717) is 0 Å². The Kier molecular flexibility index (Phi) is 1.30. The molecule has 0 radical (unpaired) electrons. The van der Waals surface area contributed by atoms with Crippen LogP contribution < -0.4 is 0 Å². The summed E-state index contributed by atoms with van der Waals surface area (Å²) >= 11 is 0. The van der Waals surface area contributed by atoms with Gasteiger partial charge in [0.25, 0.3) is 0 Å². The highest BCUT2D eigenvalue weighted by Crippen LogP contribution is 2.55. The van der Waals surface area contributed by atoms with Gasteiger partial charge in [-0.2, -0.15) is 0 Å². The van der Waals surface area contributed by atoms with Crippen LogP contribution in [0.5, 0.6) is 0 Å². The molecule has 12 heavy (non-hydrogen) atoms. The number of hydrogen-bond acceptors (Lipinski definition) is 0. The molecule has 0 heteroatoms. The van der Waals surface area contributed by atoms with Crippen LogP contribution >= 0.6 is 0 Å². The van der Waals surface area contributed by atoms with Crippen LogP contribution in [0.3, 0.4) is 0 Å². The Hall–Kier alpha value is -0.520. The molecule has 0 amide bonds. The molecule has 3 aliphatic carbocycles. The third-order valence-corrected chi connectivity index (χ3v) is 4.13. The van der Waals surface area contributed by atoms with Crippen LogP contribution in [0, 0.1) is 29.6 Å². The lowest BCUT2D eigenvalue weighted by molar-refractivity contribution is 0.304. The number of fused-ring (bicyclic) bond motifs is 5. The minimum Gasteiger partial charge on any atom is -0.0848 e. The number of allylic oxidation sites excluding steroid dienone is 4. The average Bonchev–Trinajstić information content (AvgIpc) is 2.76. The zero-order valence-corrected chi connectivity index (χ0v) is 7.61. The summed E-state index contributed by atoms with van der Waals surface area (Å²) in [4.78, 5) is 0. The van der Waals surface area contributed by atoms with Crippen LogP contribution in [0.2, 0.25) is 0 Å². The van der Waals surface area contributed by atoms with Crippen molar-refractivity contribution in [3.63, 3.8) is 0 Å². The van der Waals surface area contributed by atoms with Crippen LogP contribution in [0.1, 0.15) is 19.8 Å². The van der Waals surface area contributed by atoms with Crippen molar-refractivity contribution in [2.75, 3.05) is 0 Å². The van der Waals surface area contributed by atoms with Crippen molar-refractivity contribution < 1.29 is 0 Å². The van der Waals surface area contributed by atoms with Crippen LogP contribution in [0.25, 0.3) is 0 Å². The van der Waals surface area contributed by atoms with E-state index in [9.17, 15) is 0 Å². The molecule has 64 valence electrons. The van der Waals surface area contributed by atoms with Gasteiger partial charge in [-0.25, -0.2) is 0 Å². The molecule has 5 atom stereocenters. The van der Waals surface area contributed by atoms with Gasteiger partial charge in [0.1, 0.15) is 0 Å². The van der Waals surface area contributed by atoms with Crippen molar-refractivity contribution in [2.24, 2.45) is 29.6 Å². The van der Waals surface area contributed by atoms with Crippen molar-refractivity contribution in [1.82, 2.24) is 0 Å². The van der Waals surface area contributed by atoms with Gasteiger partial charge in [0.05, 0.1) is 0 Å². The molecule has 0 heterocycles. The Morgan fingerprint density at radius 1 is 1.08 bits per heavy atom. The Labute approximate surface area is 74.4 Å². The summed E-state index contributed by atoms with van der Waals surface area (Å²) in [6.45, 7) is 2.33. The highest BCUT2D eigenvalue weighted by atomic mass is 14.5. The van der Waals surface area contributed by atoms with Crippen molar-refractivity contribution >= 4 is 0 Å². The molecule has 1 fully saturated rings. The second-order valence-corrected chi connectivity index (χ2v) is 4.56. The van der Waals surface area contributed by atoms with Gasteiger partial charge in [0.15, 0.2) is 0 Å². The standard InChI is InChI=1S/C12H16/c1-2-8-5-6-11-9-3-4-10(7-9)12(8)11/h3-6,8-12H,2,7H2,1H3. The lowest BCUT2D eigenvalue weighted by Crippen LogP contribution is -2.19. The van der Waals surface area contributed by atoms with Crippen molar-refractivity contribution in [3.8, 4) is 0 Å². The van der Waals surface area contributed by atoms with Crippen LogP contribution in [0.15, 0.2) is 24.3 Å². The molecule has 0 aromatic rings. The molecule has 0 aliphatic heterocycles. The monoisotopic (exact) mass is 160 g/mol. The van der Waals surface area contributed by atoms with Crippen molar-refractivity contribution in [2.45, 2.75) is 19.8 Å². The number of rotatable bonds is 1. The Balaban J connectivity index is 1.94. The van der Waals surface area contributed by atoms with E-state index in [-0.39, 0.29) is 0 Å². The molecule has 0 spiro atoms. The normalized spacial score (nSPS) is 53.6. The molecule has 0 nitrogen and oxygen atoms in total. The van der Waals surface area contributed by atoms with Gasteiger partial charge < -0.3 is 0 Å². The van der Waals surface area contributed by atoms with Crippen molar-refractivity contribution in [3.05, 3.63) is 24.3 Å². The second-order valence-electron chi connectivity index (χ2n) is 4.56. The molecule has 5 unspecified atom stereocenters. The fourth-order valence-corrected chi connectivity index (χ4v) is 3.58. The Morgan fingerprint density at radius 3 is 2.75 bits per heavy atom. The fourth-order valence-electron chi connectivity index (χ4n) is 3.58. The van der Waals surface area contributed by atoms with Gasteiger partial charge in [-0.1, -0.05) is 31.2 Å². The first kappa shape index (κ1) is 6.94.